The molecule has 37 heavy (non-hydrogen) atoms. The van der Waals surface area contributed by atoms with Crippen molar-refractivity contribution in [2.24, 2.45) is 10.1 Å². The van der Waals surface area contributed by atoms with E-state index in [4.69, 9.17) is 21.4 Å². The number of hydrogen-bond acceptors (Lipinski definition) is 6. The van der Waals surface area contributed by atoms with E-state index >= 15 is 0 Å². The van der Waals surface area contributed by atoms with Crippen molar-refractivity contribution < 1.29 is 14.3 Å². The highest BCUT2D eigenvalue weighted by Gasteiger charge is 2.39. The molecule has 0 saturated heterocycles. The highest BCUT2D eigenvalue weighted by molar-refractivity contribution is 8.15. The van der Waals surface area contributed by atoms with E-state index < -0.39 is 5.25 Å². The van der Waals surface area contributed by atoms with Crippen molar-refractivity contribution >= 4 is 51.7 Å². The van der Waals surface area contributed by atoms with Crippen LogP contribution in [0.3, 0.4) is 0 Å². The lowest BCUT2D eigenvalue weighted by Gasteiger charge is -2.23. The fourth-order valence-corrected chi connectivity index (χ4v) is 5.40. The summed E-state index contributed by atoms with van der Waals surface area (Å²) in [5.74, 6) is 0.113. The lowest BCUT2D eigenvalue weighted by Crippen LogP contribution is -2.25. The van der Waals surface area contributed by atoms with Gasteiger partial charge in [0.15, 0.2) is 5.17 Å². The number of hydrogen-bond donors (Lipinski definition) is 1. The molecule has 0 fully saturated rings. The predicted octanol–water partition coefficient (Wildman–Crippen LogP) is 5.83. The molecular formula is C28H25ClN4O3S. The van der Waals surface area contributed by atoms with Crippen LogP contribution in [-0.4, -0.2) is 40.1 Å². The van der Waals surface area contributed by atoms with Crippen molar-refractivity contribution in [1.82, 2.24) is 5.01 Å². The Balaban J connectivity index is 1.33. The van der Waals surface area contributed by atoms with Crippen LogP contribution in [0.25, 0.3) is 0 Å². The minimum atomic E-state index is -0.610. The summed E-state index contributed by atoms with van der Waals surface area (Å²) in [7, 11) is 1.58. The number of rotatable bonds is 6. The zero-order chi connectivity index (χ0) is 25.9. The van der Waals surface area contributed by atoms with E-state index in [1.54, 1.807) is 31.4 Å². The molecule has 0 radical (unpaired) electrons. The highest BCUT2D eigenvalue weighted by atomic mass is 35.5. The number of anilines is 1. The minimum absolute atomic E-state index is 0.0132. The fraction of sp³-hybridized carbons (Fsp3) is 0.214. The molecule has 1 N–H and O–H groups in total. The smallest absolute Gasteiger partial charge is 0.262 e. The first-order chi connectivity index (χ1) is 17.9. The maximum absolute atomic E-state index is 12.8. The van der Waals surface area contributed by atoms with Gasteiger partial charge in [0.2, 0.25) is 5.91 Å². The van der Waals surface area contributed by atoms with Gasteiger partial charge in [-0.2, -0.15) is 10.1 Å². The molecule has 2 aliphatic rings. The molecule has 0 unspecified atom stereocenters. The topological polar surface area (TPSA) is 83.4 Å². The summed E-state index contributed by atoms with van der Waals surface area (Å²) in [4.78, 5) is 29.8. The molecule has 0 bridgehead atoms. The van der Waals surface area contributed by atoms with Gasteiger partial charge in [-0.05, 0) is 54.4 Å². The number of carbonyl (C=O) groups is 2. The van der Waals surface area contributed by atoms with E-state index in [0.29, 0.717) is 28.0 Å². The lowest BCUT2D eigenvalue weighted by atomic mass is 9.98. The van der Waals surface area contributed by atoms with Crippen LogP contribution in [0.1, 0.15) is 35.6 Å². The Morgan fingerprint density at radius 2 is 1.78 bits per heavy atom. The van der Waals surface area contributed by atoms with Gasteiger partial charge in [0, 0.05) is 23.6 Å². The number of ether oxygens (including phenoxy) is 1. The Morgan fingerprint density at radius 1 is 1.08 bits per heavy atom. The molecule has 0 spiro atoms. The van der Waals surface area contributed by atoms with Gasteiger partial charge in [0.25, 0.3) is 5.91 Å². The summed E-state index contributed by atoms with van der Waals surface area (Å²) in [5.41, 5.74) is 4.74. The summed E-state index contributed by atoms with van der Waals surface area (Å²) < 4.78 is 5.15. The molecule has 7 nitrogen and oxygen atoms in total. The second-order valence-corrected chi connectivity index (χ2v) is 10.5. The van der Waals surface area contributed by atoms with Gasteiger partial charge in [0.05, 0.1) is 18.9 Å². The van der Waals surface area contributed by atoms with Crippen molar-refractivity contribution in [3.05, 3.63) is 94.5 Å². The average molecular weight is 533 g/mol. The van der Waals surface area contributed by atoms with E-state index in [0.717, 1.165) is 22.4 Å². The minimum Gasteiger partial charge on any atom is -0.497 e. The Morgan fingerprint density at radius 3 is 2.46 bits per heavy atom. The second-order valence-electron chi connectivity index (χ2n) is 8.85. The van der Waals surface area contributed by atoms with Gasteiger partial charge in [-0.25, -0.2) is 5.01 Å². The van der Waals surface area contributed by atoms with Crippen LogP contribution < -0.4 is 10.1 Å². The van der Waals surface area contributed by atoms with Crippen LogP contribution in [0, 0.1) is 6.92 Å². The number of nitrogens with one attached hydrogen (secondary N) is 1. The summed E-state index contributed by atoms with van der Waals surface area (Å²) in [6.45, 7) is 2.04. The van der Waals surface area contributed by atoms with Gasteiger partial charge < -0.3 is 10.1 Å². The third-order valence-corrected chi connectivity index (χ3v) is 7.61. The first-order valence-electron chi connectivity index (χ1n) is 11.8. The van der Waals surface area contributed by atoms with Gasteiger partial charge in [-0.3, -0.25) is 9.59 Å². The molecule has 3 aromatic carbocycles. The highest BCUT2D eigenvalue weighted by Crippen LogP contribution is 2.38. The first-order valence-corrected chi connectivity index (χ1v) is 13.1. The van der Waals surface area contributed by atoms with Gasteiger partial charge in [0.1, 0.15) is 11.0 Å². The maximum Gasteiger partial charge on any atom is 0.262 e. The van der Waals surface area contributed by atoms with Gasteiger partial charge >= 0.3 is 0 Å². The monoisotopic (exact) mass is 532 g/mol. The number of carbonyl (C=O) groups excluding carboxylic acids is 2. The van der Waals surface area contributed by atoms with Crippen LogP contribution in [0.15, 0.2) is 82.9 Å². The van der Waals surface area contributed by atoms with Crippen LogP contribution in [0.5, 0.6) is 5.75 Å². The second kappa shape index (κ2) is 10.8. The number of methoxy groups -OCH3 is 1. The van der Waals surface area contributed by atoms with Crippen LogP contribution in [0.4, 0.5) is 5.69 Å². The Bertz CT molecular complexity index is 1370. The molecule has 2 heterocycles. The van der Waals surface area contributed by atoms with E-state index in [2.05, 4.69) is 34.6 Å². The van der Waals surface area contributed by atoms with Crippen molar-refractivity contribution in [2.75, 3.05) is 12.4 Å². The SMILES string of the molecule is COc1ccc(NC(=O)C[C@@H]2SC(N3N=C(c4ccc(Cl)cc4)C[C@@H]3c3ccc(C)cc3)=NC2=O)cc1. The Hall–Kier alpha value is -3.62. The van der Waals surface area contributed by atoms with E-state index in [-0.39, 0.29) is 24.3 Å². The molecule has 0 aromatic heterocycles. The number of hydrazone groups is 1. The molecule has 5 rings (SSSR count). The molecule has 2 aliphatic heterocycles. The van der Waals surface area contributed by atoms with Crippen LogP contribution in [-0.2, 0) is 9.59 Å². The van der Waals surface area contributed by atoms with E-state index in [1.165, 1.54) is 11.8 Å². The molecule has 3 aromatic rings. The van der Waals surface area contributed by atoms with Gasteiger partial charge in [-0.1, -0.05) is 65.3 Å². The van der Waals surface area contributed by atoms with Crippen molar-refractivity contribution in [1.29, 1.82) is 0 Å². The fourth-order valence-electron chi connectivity index (χ4n) is 4.21. The molecule has 2 amide bonds. The number of amides is 2. The molecule has 2 atom stereocenters. The number of halogens is 1. The first kappa shape index (κ1) is 25.0. The largest absolute Gasteiger partial charge is 0.497 e. The molecule has 0 aliphatic carbocycles. The van der Waals surface area contributed by atoms with E-state index in [9.17, 15) is 9.59 Å². The summed E-state index contributed by atoms with van der Waals surface area (Å²) in [6.07, 6.45) is 0.667. The van der Waals surface area contributed by atoms with Crippen LogP contribution in [0.2, 0.25) is 5.02 Å². The third kappa shape index (κ3) is 5.70. The number of benzene rings is 3. The zero-order valence-corrected chi connectivity index (χ0v) is 21.9. The number of aliphatic imine (C=N–C) groups is 1. The predicted molar refractivity (Wildman–Crippen MR) is 148 cm³/mol. The average Bonchev–Trinajstić information content (AvgIpc) is 3.49. The number of nitrogens with zero attached hydrogens (tertiary/aromatic N) is 3. The third-order valence-electron chi connectivity index (χ3n) is 6.22. The lowest BCUT2D eigenvalue weighted by molar-refractivity contribution is -0.121. The summed E-state index contributed by atoms with van der Waals surface area (Å²) in [5, 5.41) is 10.1. The Labute approximate surface area is 224 Å². The number of thioether (sulfide) groups is 1. The van der Waals surface area contributed by atoms with Crippen molar-refractivity contribution in [3.8, 4) is 5.75 Å². The number of amidine groups is 1. The quantitative estimate of drug-likeness (QED) is 0.431. The maximum atomic E-state index is 12.8. The van der Waals surface area contributed by atoms with Crippen molar-refractivity contribution in [3.63, 3.8) is 0 Å². The van der Waals surface area contributed by atoms with E-state index in [1.807, 2.05) is 36.2 Å². The molecule has 188 valence electrons. The summed E-state index contributed by atoms with van der Waals surface area (Å²) >= 11 is 7.36. The Kier molecular flexibility index (Phi) is 7.30. The normalized spacial score (nSPS) is 19.0. The molecule has 0 saturated carbocycles. The van der Waals surface area contributed by atoms with Gasteiger partial charge in [-0.15, -0.1) is 0 Å². The zero-order valence-electron chi connectivity index (χ0n) is 20.3. The number of aryl methyl sites for hydroxylation is 1. The van der Waals surface area contributed by atoms with Crippen LogP contribution >= 0.6 is 23.4 Å². The summed E-state index contributed by atoms with van der Waals surface area (Å²) in [6, 6.07) is 22.8. The molecular weight excluding hydrogens is 508 g/mol. The van der Waals surface area contributed by atoms with Crippen molar-refractivity contribution in [2.45, 2.75) is 31.1 Å². The standard InChI is InChI=1S/C28H25ClN4O3S/c1-17-3-5-19(6-4-17)24-15-23(18-7-9-20(29)10-8-18)32-33(24)28-31-27(35)25(37-28)16-26(34)30-21-11-13-22(36-2)14-12-21/h3-14,24-25H,15-16H2,1-2H3,(H,30,34)/t24-,25+/m1/s1. The molecule has 9 heteroatoms.